The summed E-state index contributed by atoms with van der Waals surface area (Å²) in [4.78, 5) is 29.0. The molecule has 1 aromatic carbocycles. The van der Waals surface area contributed by atoms with Gasteiger partial charge < -0.3 is 10.2 Å². The minimum absolute atomic E-state index is 0.0132. The molecular weight excluding hydrogens is 308 g/mol. The number of rotatable bonds is 4. The van der Waals surface area contributed by atoms with Gasteiger partial charge >= 0.3 is 0 Å². The molecule has 1 aliphatic heterocycles. The van der Waals surface area contributed by atoms with Crippen LogP contribution in [-0.2, 0) is 11.2 Å². The van der Waals surface area contributed by atoms with Crippen molar-refractivity contribution in [2.75, 3.05) is 19.6 Å². The Hall–Kier alpha value is -2.80. The van der Waals surface area contributed by atoms with Gasteiger partial charge in [-0.2, -0.15) is 0 Å². The first-order valence-corrected chi connectivity index (χ1v) is 7.78. The maximum absolute atomic E-state index is 12.7. The predicted octanol–water partition coefficient (Wildman–Crippen LogP) is 1.71. The van der Waals surface area contributed by atoms with Crippen LogP contribution >= 0.6 is 0 Å². The lowest BCUT2D eigenvalue weighted by atomic mass is 10.0. The zero-order chi connectivity index (χ0) is 16.9. The number of nitro benzene ring substituents is 1. The SMILES string of the molecule is O=C(Cc1ccc([N+](=O)[O-])cc1)N1CCNCC1c1cccnc1. The molecule has 7 nitrogen and oxygen atoms in total. The molecule has 3 rings (SSSR count). The van der Waals surface area contributed by atoms with Crippen LogP contribution in [0.25, 0.3) is 0 Å². The molecule has 1 aliphatic rings. The second-order valence-corrected chi connectivity index (χ2v) is 5.69. The molecule has 2 heterocycles. The molecule has 2 aromatic rings. The van der Waals surface area contributed by atoms with E-state index in [2.05, 4.69) is 10.3 Å². The van der Waals surface area contributed by atoms with Gasteiger partial charge in [0.2, 0.25) is 5.91 Å². The van der Waals surface area contributed by atoms with Crippen LogP contribution in [0.3, 0.4) is 0 Å². The Labute approximate surface area is 139 Å². The van der Waals surface area contributed by atoms with Crippen LogP contribution in [0.5, 0.6) is 0 Å². The largest absolute Gasteiger partial charge is 0.333 e. The molecule has 1 atom stereocenters. The van der Waals surface area contributed by atoms with E-state index in [0.29, 0.717) is 13.1 Å². The fourth-order valence-corrected chi connectivity index (χ4v) is 2.89. The normalized spacial score (nSPS) is 17.5. The van der Waals surface area contributed by atoms with Crippen LogP contribution in [0.4, 0.5) is 5.69 Å². The van der Waals surface area contributed by atoms with Crippen LogP contribution in [0.1, 0.15) is 17.2 Å². The molecule has 0 saturated carbocycles. The second-order valence-electron chi connectivity index (χ2n) is 5.69. The number of amides is 1. The molecular formula is C17H18N4O3. The first-order chi connectivity index (χ1) is 11.6. The molecule has 1 N–H and O–H groups in total. The van der Waals surface area contributed by atoms with E-state index in [0.717, 1.165) is 17.7 Å². The average molecular weight is 326 g/mol. The number of nitrogens with zero attached hydrogens (tertiary/aromatic N) is 3. The first-order valence-electron chi connectivity index (χ1n) is 7.78. The van der Waals surface area contributed by atoms with E-state index in [9.17, 15) is 14.9 Å². The van der Waals surface area contributed by atoms with Crippen molar-refractivity contribution in [2.45, 2.75) is 12.5 Å². The van der Waals surface area contributed by atoms with Gasteiger partial charge in [-0.1, -0.05) is 18.2 Å². The summed E-state index contributed by atoms with van der Waals surface area (Å²) >= 11 is 0. The highest BCUT2D eigenvalue weighted by molar-refractivity contribution is 5.79. The van der Waals surface area contributed by atoms with Gasteiger partial charge in [0, 0.05) is 44.2 Å². The molecule has 1 unspecified atom stereocenters. The summed E-state index contributed by atoms with van der Waals surface area (Å²) in [5.74, 6) is 0.0132. The molecule has 0 aliphatic carbocycles. The predicted molar refractivity (Wildman–Crippen MR) is 88.4 cm³/mol. The van der Waals surface area contributed by atoms with Crippen LogP contribution < -0.4 is 5.32 Å². The van der Waals surface area contributed by atoms with Crippen LogP contribution in [0, 0.1) is 10.1 Å². The third-order valence-corrected chi connectivity index (χ3v) is 4.14. The summed E-state index contributed by atoms with van der Waals surface area (Å²) in [5, 5.41) is 14.0. The molecule has 7 heteroatoms. The Kier molecular flexibility index (Phi) is 4.81. The van der Waals surface area contributed by atoms with Gasteiger partial charge in [-0.05, 0) is 17.2 Å². The molecule has 1 aromatic heterocycles. The van der Waals surface area contributed by atoms with Crippen molar-refractivity contribution in [3.8, 4) is 0 Å². The van der Waals surface area contributed by atoms with Gasteiger partial charge in [0.15, 0.2) is 0 Å². The molecule has 0 radical (unpaired) electrons. The van der Waals surface area contributed by atoms with Gasteiger partial charge in [0.25, 0.3) is 5.69 Å². The minimum Gasteiger partial charge on any atom is -0.333 e. The number of pyridine rings is 1. The number of carbonyl (C=O) groups is 1. The quantitative estimate of drug-likeness (QED) is 0.682. The minimum atomic E-state index is -0.444. The van der Waals surface area contributed by atoms with Gasteiger partial charge in [-0.25, -0.2) is 0 Å². The zero-order valence-corrected chi connectivity index (χ0v) is 13.1. The van der Waals surface area contributed by atoms with E-state index < -0.39 is 4.92 Å². The topological polar surface area (TPSA) is 88.4 Å². The third-order valence-electron chi connectivity index (χ3n) is 4.14. The number of nitro groups is 1. The number of nitrogens with one attached hydrogen (secondary N) is 1. The number of aromatic nitrogens is 1. The van der Waals surface area contributed by atoms with Crippen molar-refractivity contribution >= 4 is 11.6 Å². The maximum Gasteiger partial charge on any atom is 0.269 e. The Morgan fingerprint density at radius 2 is 2.12 bits per heavy atom. The lowest BCUT2D eigenvalue weighted by molar-refractivity contribution is -0.384. The average Bonchev–Trinajstić information content (AvgIpc) is 2.63. The second kappa shape index (κ2) is 7.18. The lowest BCUT2D eigenvalue weighted by Gasteiger charge is -2.36. The van der Waals surface area contributed by atoms with Crippen molar-refractivity contribution in [1.82, 2.24) is 15.2 Å². The van der Waals surface area contributed by atoms with E-state index in [1.54, 1.807) is 24.5 Å². The summed E-state index contributed by atoms with van der Waals surface area (Å²) < 4.78 is 0. The molecule has 1 saturated heterocycles. The number of piperazine rings is 1. The van der Waals surface area contributed by atoms with Crippen molar-refractivity contribution < 1.29 is 9.72 Å². The number of hydrogen-bond acceptors (Lipinski definition) is 5. The molecule has 24 heavy (non-hydrogen) atoms. The summed E-state index contributed by atoms with van der Waals surface area (Å²) in [5.41, 5.74) is 1.80. The summed E-state index contributed by atoms with van der Waals surface area (Å²) in [7, 11) is 0. The van der Waals surface area contributed by atoms with Crippen molar-refractivity contribution in [1.29, 1.82) is 0 Å². The molecule has 1 fully saturated rings. The fourth-order valence-electron chi connectivity index (χ4n) is 2.89. The highest BCUT2D eigenvalue weighted by atomic mass is 16.6. The van der Waals surface area contributed by atoms with E-state index in [1.165, 1.54) is 12.1 Å². The smallest absolute Gasteiger partial charge is 0.269 e. The van der Waals surface area contributed by atoms with Gasteiger partial charge in [0.1, 0.15) is 0 Å². The monoisotopic (exact) mass is 326 g/mol. The number of carbonyl (C=O) groups excluding carboxylic acids is 1. The van der Waals surface area contributed by atoms with Crippen molar-refractivity contribution in [3.63, 3.8) is 0 Å². The highest BCUT2D eigenvalue weighted by Gasteiger charge is 2.27. The van der Waals surface area contributed by atoms with Gasteiger partial charge in [-0.15, -0.1) is 0 Å². The Morgan fingerprint density at radius 1 is 1.33 bits per heavy atom. The molecule has 1 amide bonds. The zero-order valence-electron chi connectivity index (χ0n) is 13.1. The fraction of sp³-hybridized carbons (Fsp3) is 0.294. The van der Waals surface area contributed by atoms with Gasteiger partial charge in [-0.3, -0.25) is 19.9 Å². The van der Waals surface area contributed by atoms with Crippen LogP contribution in [0.2, 0.25) is 0 Å². The number of benzene rings is 1. The standard InChI is InChI=1S/C17H18N4O3/c22-17(10-13-3-5-15(6-4-13)21(23)24)20-9-8-19-12-16(20)14-2-1-7-18-11-14/h1-7,11,16,19H,8-10,12H2. The summed E-state index contributed by atoms with van der Waals surface area (Å²) in [6.45, 7) is 2.08. The highest BCUT2D eigenvalue weighted by Crippen LogP contribution is 2.22. The van der Waals surface area contributed by atoms with Crippen molar-refractivity contribution in [3.05, 3.63) is 70.0 Å². The Morgan fingerprint density at radius 3 is 2.79 bits per heavy atom. The molecule has 0 spiro atoms. The van der Waals surface area contributed by atoms with E-state index in [-0.39, 0.29) is 24.1 Å². The van der Waals surface area contributed by atoms with E-state index >= 15 is 0 Å². The van der Waals surface area contributed by atoms with E-state index in [4.69, 9.17) is 0 Å². The molecule has 0 bridgehead atoms. The Bertz CT molecular complexity index is 718. The van der Waals surface area contributed by atoms with E-state index in [1.807, 2.05) is 17.0 Å². The maximum atomic E-state index is 12.7. The third kappa shape index (κ3) is 3.57. The van der Waals surface area contributed by atoms with Crippen LogP contribution in [-0.4, -0.2) is 40.3 Å². The lowest BCUT2D eigenvalue weighted by Crippen LogP contribution is -2.49. The summed E-state index contributed by atoms with van der Waals surface area (Å²) in [6, 6.07) is 9.92. The summed E-state index contributed by atoms with van der Waals surface area (Å²) in [6.07, 6.45) is 3.72. The van der Waals surface area contributed by atoms with Crippen LogP contribution in [0.15, 0.2) is 48.8 Å². The molecule has 124 valence electrons. The van der Waals surface area contributed by atoms with Crippen molar-refractivity contribution in [2.24, 2.45) is 0 Å². The number of hydrogen-bond donors (Lipinski definition) is 1. The Balaban J connectivity index is 1.73. The first kappa shape index (κ1) is 16.1. The van der Waals surface area contributed by atoms with Gasteiger partial charge in [0.05, 0.1) is 17.4 Å². The number of non-ortho nitro benzene ring substituents is 1.